The number of ketones is 1. The fraction of sp³-hybridized carbons (Fsp3) is 0.562. The number of carbonyl (C=O) groups excluding carboxylic acids is 2. The Morgan fingerprint density at radius 2 is 2.10 bits per heavy atom. The van der Waals surface area contributed by atoms with E-state index in [9.17, 15) is 9.59 Å². The van der Waals surface area contributed by atoms with E-state index in [0.717, 1.165) is 5.56 Å². The van der Waals surface area contributed by atoms with E-state index in [2.05, 4.69) is 4.98 Å². The lowest BCUT2D eigenvalue weighted by atomic mass is 9.95. The van der Waals surface area contributed by atoms with Crippen molar-refractivity contribution in [3.8, 4) is 0 Å². The van der Waals surface area contributed by atoms with Gasteiger partial charge in [0.1, 0.15) is 5.60 Å². The third-order valence-electron chi connectivity index (χ3n) is 3.52. The molecule has 1 saturated heterocycles. The van der Waals surface area contributed by atoms with Gasteiger partial charge in [0.05, 0.1) is 0 Å². The lowest BCUT2D eigenvalue weighted by molar-refractivity contribution is 0.0289. The largest absolute Gasteiger partial charge is 0.444 e. The molecule has 0 aromatic carbocycles. The van der Waals surface area contributed by atoms with Crippen molar-refractivity contribution in [2.75, 3.05) is 13.1 Å². The standard InChI is InChI=1S/C16H22N2O3/c1-11-5-7-17-9-13(11)14(19)12-6-8-18(10-12)15(20)21-16(2,3)4/h5,7,9,12H,6,8,10H2,1-4H3. The van der Waals surface area contributed by atoms with Crippen LogP contribution in [0.4, 0.5) is 4.79 Å². The highest BCUT2D eigenvalue weighted by Crippen LogP contribution is 2.23. The summed E-state index contributed by atoms with van der Waals surface area (Å²) in [5.41, 5.74) is 1.05. The van der Waals surface area contributed by atoms with E-state index in [0.29, 0.717) is 25.1 Å². The lowest BCUT2D eigenvalue weighted by Gasteiger charge is -2.24. The molecular weight excluding hydrogens is 268 g/mol. The molecule has 114 valence electrons. The summed E-state index contributed by atoms with van der Waals surface area (Å²) in [6, 6.07) is 1.83. The lowest BCUT2D eigenvalue weighted by Crippen LogP contribution is -2.35. The summed E-state index contributed by atoms with van der Waals surface area (Å²) in [6.45, 7) is 8.38. The summed E-state index contributed by atoms with van der Waals surface area (Å²) < 4.78 is 5.34. The summed E-state index contributed by atoms with van der Waals surface area (Å²) in [5, 5.41) is 0. The van der Waals surface area contributed by atoms with Gasteiger partial charge in [0.2, 0.25) is 0 Å². The van der Waals surface area contributed by atoms with Crippen LogP contribution in [-0.2, 0) is 4.74 Å². The molecule has 5 heteroatoms. The molecule has 0 bridgehead atoms. The average Bonchev–Trinajstić information content (AvgIpc) is 2.86. The van der Waals surface area contributed by atoms with Gasteiger partial charge in [-0.05, 0) is 45.7 Å². The number of nitrogens with zero attached hydrogens (tertiary/aromatic N) is 2. The molecule has 1 atom stereocenters. The minimum atomic E-state index is -0.515. The molecule has 1 amide bonds. The van der Waals surface area contributed by atoms with Gasteiger partial charge in [0, 0.05) is 37.0 Å². The monoisotopic (exact) mass is 290 g/mol. The molecule has 1 fully saturated rings. The topological polar surface area (TPSA) is 59.5 Å². The van der Waals surface area contributed by atoms with Gasteiger partial charge in [-0.1, -0.05) is 0 Å². The van der Waals surface area contributed by atoms with Crippen LogP contribution < -0.4 is 0 Å². The predicted octanol–water partition coefficient (Wildman–Crippen LogP) is 2.83. The van der Waals surface area contributed by atoms with Crippen molar-refractivity contribution in [2.45, 2.75) is 39.7 Å². The Morgan fingerprint density at radius 1 is 1.38 bits per heavy atom. The molecule has 5 nitrogen and oxygen atoms in total. The van der Waals surface area contributed by atoms with E-state index in [4.69, 9.17) is 4.74 Å². The van der Waals surface area contributed by atoms with Crippen LogP contribution in [0.2, 0.25) is 0 Å². The van der Waals surface area contributed by atoms with E-state index in [-0.39, 0.29) is 17.8 Å². The molecule has 2 rings (SSSR count). The van der Waals surface area contributed by atoms with Gasteiger partial charge in [-0.15, -0.1) is 0 Å². The average molecular weight is 290 g/mol. The van der Waals surface area contributed by atoms with E-state index in [1.807, 2.05) is 33.8 Å². The Labute approximate surface area is 125 Å². The Kier molecular flexibility index (Phi) is 4.30. The van der Waals surface area contributed by atoms with Crippen LogP contribution in [0.3, 0.4) is 0 Å². The molecule has 0 aliphatic carbocycles. The molecule has 2 heterocycles. The van der Waals surface area contributed by atoms with Crippen molar-refractivity contribution in [3.63, 3.8) is 0 Å². The normalized spacial score (nSPS) is 18.7. The highest BCUT2D eigenvalue weighted by atomic mass is 16.6. The van der Waals surface area contributed by atoms with Crippen molar-refractivity contribution in [1.82, 2.24) is 9.88 Å². The van der Waals surface area contributed by atoms with Crippen LogP contribution >= 0.6 is 0 Å². The zero-order valence-corrected chi connectivity index (χ0v) is 13.0. The summed E-state index contributed by atoms with van der Waals surface area (Å²) >= 11 is 0. The molecule has 1 aromatic heterocycles. The molecule has 1 aliphatic heterocycles. The zero-order chi connectivity index (χ0) is 15.6. The molecule has 1 aromatic rings. The van der Waals surface area contributed by atoms with Crippen LogP contribution in [0.25, 0.3) is 0 Å². The van der Waals surface area contributed by atoms with Gasteiger partial charge in [0.15, 0.2) is 5.78 Å². The Balaban J connectivity index is 2.01. The minimum Gasteiger partial charge on any atom is -0.444 e. The van der Waals surface area contributed by atoms with Gasteiger partial charge in [0.25, 0.3) is 0 Å². The van der Waals surface area contributed by atoms with Gasteiger partial charge >= 0.3 is 6.09 Å². The van der Waals surface area contributed by atoms with Crippen molar-refractivity contribution >= 4 is 11.9 Å². The number of amides is 1. The van der Waals surface area contributed by atoms with Crippen LogP contribution in [0.15, 0.2) is 18.5 Å². The summed E-state index contributed by atoms with van der Waals surface area (Å²) in [4.78, 5) is 30.1. The van der Waals surface area contributed by atoms with Gasteiger partial charge < -0.3 is 9.64 Å². The highest BCUT2D eigenvalue weighted by molar-refractivity contribution is 5.99. The minimum absolute atomic E-state index is 0.0617. The van der Waals surface area contributed by atoms with Crippen LogP contribution in [0.5, 0.6) is 0 Å². The molecule has 0 radical (unpaired) electrons. The maximum absolute atomic E-state index is 12.5. The first-order valence-electron chi connectivity index (χ1n) is 7.20. The van der Waals surface area contributed by atoms with Gasteiger partial charge in [-0.2, -0.15) is 0 Å². The molecular formula is C16H22N2O3. The summed E-state index contributed by atoms with van der Waals surface area (Å²) in [6.07, 6.45) is 3.61. The fourth-order valence-electron chi connectivity index (χ4n) is 2.41. The first kappa shape index (κ1) is 15.5. The smallest absolute Gasteiger partial charge is 0.410 e. The third kappa shape index (κ3) is 3.80. The number of pyridine rings is 1. The number of aromatic nitrogens is 1. The van der Waals surface area contributed by atoms with E-state index in [1.165, 1.54) is 0 Å². The first-order chi connectivity index (χ1) is 9.78. The summed E-state index contributed by atoms with van der Waals surface area (Å²) in [7, 11) is 0. The number of aryl methyl sites for hydroxylation is 1. The quantitative estimate of drug-likeness (QED) is 0.786. The van der Waals surface area contributed by atoms with Gasteiger partial charge in [-0.3, -0.25) is 9.78 Å². The molecule has 1 unspecified atom stereocenters. The number of rotatable bonds is 2. The van der Waals surface area contributed by atoms with Crippen molar-refractivity contribution < 1.29 is 14.3 Å². The van der Waals surface area contributed by atoms with Crippen LogP contribution in [0, 0.1) is 12.8 Å². The van der Waals surface area contributed by atoms with E-state index >= 15 is 0 Å². The number of hydrogen-bond acceptors (Lipinski definition) is 4. The van der Waals surface area contributed by atoms with Crippen molar-refractivity contribution in [3.05, 3.63) is 29.6 Å². The zero-order valence-electron chi connectivity index (χ0n) is 13.0. The van der Waals surface area contributed by atoms with Crippen LogP contribution in [0.1, 0.15) is 43.1 Å². The summed E-state index contributed by atoms with van der Waals surface area (Å²) in [5.74, 6) is -0.105. The van der Waals surface area contributed by atoms with Crippen LogP contribution in [-0.4, -0.2) is 40.5 Å². The highest BCUT2D eigenvalue weighted by Gasteiger charge is 2.34. The number of Topliss-reactive ketones (excluding diaryl/α,β-unsaturated/α-hetero) is 1. The second-order valence-corrected chi connectivity index (χ2v) is 6.47. The molecule has 0 spiro atoms. The molecule has 1 aliphatic rings. The molecule has 0 N–H and O–H groups in total. The van der Waals surface area contributed by atoms with Crippen molar-refractivity contribution in [2.24, 2.45) is 5.92 Å². The third-order valence-corrected chi connectivity index (χ3v) is 3.52. The number of ether oxygens (including phenoxy) is 1. The fourth-order valence-corrected chi connectivity index (χ4v) is 2.41. The predicted molar refractivity (Wildman–Crippen MR) is 79.2 cm³/mol. The van der Waals surface area contributed by atoms with Crippen molar-refractivity contribution in [1.29, 1.82) is 0 Å². The Hall–Kier alpha value is -1.91. The second-order valence-electron chi connectivity index (χ2n) is 6.47. The van der Waals surface area contributed by atoms with E-state index in [1.54, 1.807) is 17.3 Å². The van der Waals surface area contributed by atoms with E-state index < -0.39 is 5.60 Å². The maximum atomic E-state index is 12.5. The number of carbonyl (C=O) groups is 2. The van der Waals surface area contributed by atoms with Gasteiger partial charge in [-0.25, -0.2) is 4.79 Å². The Bertz CT molecular complexity index is 549. The second kappa shape index (κ2) is 5.84. The molecule has 21 heavy (non-hydrogen) atoms. The Morgan fingerprint density at radius 3 is 2.71 bits per heavy atom. The first-order valence-corrected chi connectivity index (χ1v) is 7.20. The maximum Gasteiger partial charge on any atom is 0.410 e. The SMILES string of the molecule is Cc1ccncc1C(=O)C1CCN(C(=O)OC(C)(C)C)C1. The number of hydrogen-bond donors (Lipinski definition) is 0. The molecule has 0 saturated carbocycles. The number of likely N-dealkylation sites (tertiary alicyclic amines) is 1.